The maximum atomic E-state index is 12.7. The zero-order chi connectivity index (χ0) is 33.8. The van der Waals surface area contributed by atoms with E-state index in [1.54, 1.807) is 0 Å². The van der Waals surface area contributed by atoms with Gasteiger partial charge in [0.2, 0.25) is 5.91 Å². The summed E-state index contributed by atoms with van der Waals surface area (Å²) in [6.07, 6.45) is 21.5. The Morgan fingerprint density at radius 1 is 0.652 bits per heavy atom. The smallest absolute Gasteiger partial charge is 0.220 e. The Kier molecular flexibility index (Phi) is 27.4. The largest absolute Gasteiger partial charge is 0.394 e. The SMILES string of the molecule is CCCCCCCCCCCCCCCCCCCCC(O)C(COC1OC(CO)C(O)C(O)C1O)NC(=O)CCCCCCC. The highest BCUT2D eigenvalue weighted by Gasteiger charge is 2.44. The number of unbranched alkanes of at least 4 members (excludes halogenated alkanes) is 21. The Morgan fingerprint density at radius 3 is 1.54 bits per heavy atom. The predicted octanol–water partition coefficient (Wildman–Crippen LogP) is 6.44. The monoisotopic (exact) mass is 660 g/mol. The summed E-state index contributed by atoms with van der Waals surface area (Å²) in [7, 11) is 0. The molecule has 1 aliphatic rings. The first-order chi connectivity index (χ1) is 22.3. The average molecular weight is 660 g/mol. The van der Waals surface area contributed by atoms with Gasteiger partial charge in [0.15, 0.2) is 6.29 Å². The number of rotatable bonds is 31. The van der Waals surface area contributed by atoms with Gasteiger partial charge in [0.1, 0.15) is 24.4 Å². The van der Waals surface area contributed by atoms with Crippen LogP contribution >= 0.6 is 0 Å². The molecule has 1 heterocycles. The zero-order valence-electron chi connectivity index (χ0n) is 29.6. The molecule has 0 aromatic rings. The molecule has 9 heteroatoms. The molecule has 0 aliphatic carbocycles. The molecule has 1 amide bonds. The Bertz CT molecular complexity index is 696. The normalized spacial score (nSPS) is 23.0. The van der Waals surface area contributed by atoms with Gasteiger partial charge in [0.05, 0.1) is 25.4 Å². The van der Waals surface area contributed by atoms with Crippen molar-refractivity contribution in [2.24, 2.45) is 0 Å². The first-order valence-corrected chi connectivity index (χ1v) is 19.2. The fraction of sp³-hybridized carbons (Fsp3) is 0.973. The van der Waals surface area contributed by atoms with Crippen LogP contribution in [0.2, 0.25) is 0 Å². The molecule has 0 aromatic heterocycles. The quantitative estimate of drug-likeness (QED) is 0.0466. The third-order valence-electron chi connectivity index (χ3n) is 9.46. The molecule has 274 valence electrons. The van der Waals surface area contributed by atoms with Crippen LogP contribution in [-0.4, -0.2) is 87.5 Å². The molecule has 0 radical (unpaired) electrons. The maximum Gasteiger partial charge on any atom is 0.220 e. The van der Waals surface area contributed by atoms with E-state index in [0.717, 1.165) is 51.4 Å². The fourth-order valence-corrected chi connectivity index (χ4v) is 6.28. The summed E-state index contributed by atoms with van der Waals surface area (Å²) in [6, 6.07) is -0.707. The van der Waals surface area contributed by atoms with Crippen molar-refractivity contribution in [2.45, 2.75) is 217 Å². The van der Waals surface area contributed by atoms with Gasteiger partial charge in [-0.15, -0.1) is 0 Å². The molecule has 1 saturated heterocycles. The highest BCUT2D eigenvalue weighted by atomic mass is 16.7. The number of carbonyl (C=O) groups excluding carboxylic acids is 1. The molecule has 7 unspecified atom stereocenters. The lowest BCUT2D eigenvalue weighted by Gasteiger charge is -2.40. The molecular weight excluding hydrogens is 586 g/mol. The molecule has 46 heavy (non-hydrogen) atoms. The van der Waals surface area contributed by atoms with Crippen LogP contribution in [0, 0.1) is 0 Å². The van der Waals surface area contributed by atoms with Crippen LogP contribution in [0.1, 0.15) is 174 Å². The topological polar surface area (TPSA) is 149 Å². The molecule has 9 nitrogen and oxygen atoms in total. The zero-order valence-corrected chi connectivity index (χ0v) is 29.6. The van der Waals surface area contributed by atoms with Gasteiger partial charge in [-0.05, 0) is 12.8 Å². The van der Waals surface area contributed by atoms with E-state index in [0.29, 0.717) is 12.8 Å². The Balaban J connectivity index is 2.29. The van der Waals surface area contributed by atoms with Gasteiger partial charge in [-0.3, -0.25) is 4.79 Å². The minimum absolute atomic E-state index is 0.134. The second-order valence-corrected chi connectivity index (χ2v) is 13.7. The number of carbonyl (C=O) groups is 1. The summed E-state index contributed by atoms with van der Waals surface area (Å²) in [5, 5.41) is 53.8. The van der Waals surface area contributed by atoms with E-state index in [2.05, 4.69) is 19.2 Å². The van der Waals surface area contributed by atoms with Crippen LogP contribution in [0.5, 0.6) is 0 Å². The van der Waals surface area contributed by atoms with Gasteiger partial charge in [-0.2, -0.15) is 0 Å². The average Bonchev–Trinajstić information content (AvgIpc) is 3.05. The summed E-state index contributed by atoms with van der Waals surface area (Å²) in [6.45, 7) is 3.73. The summed E-state index contributed by atoms with van der Waals surface area (Å²) in [5.41, 5.74) is 0. The minimum atomic E-state index is -1.54. The molecule has 6 N–H and O–H groups in total. The van der Waals surface area contributed by atoms with Gasteiger partial charge in [0.25, 0.3) is 0 Å². The van der Waals surface area contributed by atoms with E-state index in [1.807, 2.05) is 0 Å². The molecule has 0 spiro atoms. The molecular formula is C37H73NO8. The first kappa shape index (κ1) is 43.2. The van der Waals surface area contributed by atoms with Crippen molar-refractivity contribution in [1.82, 2.24) is 5.32 Å². The van der Waals surface area contributed by atoms with E-state index in [1.165, 1.54) is 96.3 Å². The van der Waals surface area contributed by atoms with Crippen molar-refractivity contribution in [3.63, 3.8) is 0 Å². The summed E-state index contributed by atoms with van der Waals surface area (Å²) in [5.74, 6) is -0.157. The van der Waals surface area contributed by atoms with Crippen LogP contribution < -0.4 is 5.32 Å². The van der Waals surface area contributed by atoms with Crippen molar-refractivity contribution >= 4 is 5.91 Å². The summed E-state index contributed by atoms with van der Waals surface area (Å²) < 4.78 is 11.1. The lowest BCUT2D eigenvalue weighted by molar-refractivity contribution is -0.302. The number of hydrogen-bond donors (Lipinski definition) is 6. The number of amides is 1. The summed E-state index contributed by atoms with van der Waals surface area (Å²) in [4.78, 5) is 12.7. The number of aliphatic hydroxyl groups excluding tert-OH is 5. The molecule has 0 aromatic carbocycles. The predicted molar refractivity (Wildman–Crippen MR) is 184 cm³/mol. The van der Waals surface area contributed by atoms with Crippen LogP contribution in [-0.2, 0) is 14.3 Å². The summed E-state index contributed by atoms with van der Waals surface area (Å²) >= 11 is 0. The molecule has 1 rings (SSSR count). The molecule has 1 aliphatic heterocycles. The Hall–Kier alpha value is -0.810. The molecule has 0 saturated carbocycles. The van der Waals surface area contributed by atoms with E-state index in [4.69, 9.17) is 9.47 Å². The molecule has 7 atom stereocenters. The van der Waals surface area contributed by atoms with Crippen molar-refractivity contribution in [3.05, 3.63) is 0 Å². The number of ether oxygens (including phenoxy) is 2. The molecule has 1 fully saturated rings. The van der Waals surface area contributed by atoms with Crippen LogP contribution in [0.4, 0.5) is 0 Å². The van der Waals surface area contributed by atoms with Crippen LogP contribution in [0.3, 0.4) is 0 Å². The van der Waals surface area contributed by atoms with Crippen LogP contribution in [0.15, 0.2) is 0 Å². The van der Waals surface area contributed by atoms with Crippen molar-refractivity contribution < 1.29 is 39.8 Å². The van der Waals surface area contributed by atoms with E-state index >= 15 is 0 Å². The maximum absolute atomic E-state index is 12.7. The van der Waals surface area contributed by atoms with Gasteiger partial charge < -0.3 is 40.3 Å². The van der Waals surface area contributed by atoms with Gasteiger partial charge in [0, 0.05) is 6.42 Å². The first-order valence-electron chi connectivity index (χ1n) is 19.2. The fourth-order valence-electron chi connectivity index (χ4n) is 6.28. The van der Waals surface area contributed by atoms with Crippen molar-refractivity contribution in [3.8, 4) is 0 Å². The third kappa shape index (κ3) is 20.5. The standard InChI is InChI=1S/C37H73NO8/c1-3-5-7-9-10-11-12-13-14-15-16-17-18-19-20-21-23-24-26-31(40)30(38-33(41)27-25-22-8-6-4-2)29-45-37-36(44)35(43)34(42)32(28-39)46-37/h30-32,34-37,39-40,42-44H,3-29H2,1-2H3,(H,38,41). The van der Waals surface area contributed by atoms with E-state index in [9.17, 15) is 30.3 Å². The number of nitrogens with one attached hydrogen (secondary N) is 1. The van der Waals surface area contributed by atoms with Crippen molar-refractivity contribution in [2.75, 3.05) is 13.2 Å². The molecule has 0 bridgehead atoms. The van der Waals surface area contributed by atoms with Gasteiger partial charge in [-0.1, -0.05) is 155 Å². The van der Waals surface area contributed by atoms with Gasteiger partial charge in [-0.25, -0.2) is 0 Å². The van der Waals surface area contributed by atoms with E-state index < -0.39 is 49.5 Å². The highest BCUT2D eigenvalue weighted by Crippen LogP contribution is 2.23. The number of hydrogen-bond acceptors (Lipinski definition) is 8. The second kappa shape index (κ2) is 29.1. The third-order valence-corrected chi connectivity index (χ3v) is 9.46. The minimum Gasteiger partial charge on any atom is -0.394 e. The van der Waals surface area contributed by atoms with Crippen LogP contribution in [0.25, 0.3) is 0 Å². The number of aliphatic hydroxyl groups is 5. The highest BCUT2D eigenvalue weighted by molar-refractivity contribution is 5.76. The lowest BCUT2D eigenvalue weighted by Crippen LogP contribution is -2.60. The lowest BCUT2D eigenvalue weighted by atomic mass is 9.99. The Labute approximate surface area is 281 Å². The van der Waals surface area contributed by atoms with E-state index in [-0.39, 0.29) is 12.5 Å². The Morgan fingerprint density at radius 2 is 1.09 bits per heavy atom. The van der Waals surface area contributed by atoms with Gasteiger partial charge >= 0.3 is 0 Å². The van der Waals surface area contributed by atoms with Crippen molar-refractivity contribution in [1.29, 1.82) is 0 Å². The second-order valence-electron chi connectivity index (χ2n) is 13.7.